The molecule has 0 aliphatic carbocycles. The Kier molecular flexibility index (Phi) is 7.72. The van der Waals surface area contributed by atoms with Crippen molar-refractivity contribution in [3.63, 3.8) is 0 Å². The van der Waals surface area contributed by atoms with Crippen LogP contribution < -0.4 is 4.74 Å². The summed E-state index contributed by atoms with van der Waals surface area (Å²) >= 11 is 1.25. The van der Waals surface area contributed by atoms with Gasteiger partial charge in [0.2, 0.25) is 5.91 Å². The largest absolute Gasteiger partial charge is 0.482 e. The molecule has 1 fully saturated rings. The van der Waals surface area contributed by atoms with Crippen LogP contribution in [0, 0.1) is 13.8 Å². The second kappa shape index (κ2) is 10.0. The summed E-state index contributed by atoms with van der Waals surface area (Å²) in [4.78, 5) is 36.7. The summed E-state index contributed by atoms with van der Waals surface area (Å²) in [7, 11) is 0. The first kappa shape index (κ1) is 20.8. The fourth-order valence-electron chi connectivity index (χ4n) is 2.50. The van der Waals surface area contributed by atoms with Crippen LogP contribution in [-0.4, -0.2) is 54.9 Å². The lowest BCUT2D eigenvalue weighted by atomic mass is 10.1. The van der Waals surface area contributed by atoms with Gasteiger partial charge >= 0.3 is 11.9 Å². The molecule has 0 N–H and O–H groups in total. The highest BCUT2D eigenvalue weighted by molar-refractivity contribution is 8.04. The molecule has 0 atom stereocenters. The second-order valence-electron chi connectivity index (χ2n) is 5.90. The number of benzene rings is 1. The quantitative estimate of drug-likeness (QED) is 0.495. The summed E-state index contributed by atoms with van der Waals surface area (Å²) in [6.45, 7) is 5.85. The molecule has 8 heteroatoms. The Labute approximate surface area is 162 Å². The summed E-state index contributed by atoms with van der Waals surface area (Å²) in [6.07, 6.45) is 1.28. The van der Waals surface area contributed by atoms with Crippen LogP contribution >= 0.6 is 11.8 Å². The number of carbonyl (C=O) groups is 3. The Balaban J connectivity index is 1.79. The maximum absolute atomic E-state index is 11.9. The lowest BCUT2D eigenvalue weighted by Gasteiger charge is -2.17. The van der Waals surface area contributed by atoms with E-state index in [4.69, 9.17) is 14.2 Å². The highest BCUT2D eigenvalue weighted by atomic mass is 32.2. The van der Waals surface area contributed by atoms with Gasteiger partial charge < -0.3 is 19.1 Å². The van der Waals surface area contributed by atoms with E-state index < -0.39 is 11.9 Å². The van der Waals surface area contributed by atoms with E-state index in [0.29, 0.717) is 10.8 Å². The van der Waals surface area contributed by atoms with Crippen LogP contribution in [0.1, 0.15) is 18.1 Å². The van der Waals surface area contributed by atoms with E-state index >= 15 is 0 Å². The Morgan fingerprint density at radius 2 is 1.89 bits per heavy atom. The molecule has 1 aliphatic heterocycles. The Bertz CT molecular complexity index is 725. The molecule has 0 aromatic heterocycles. The maximum atomic E-state index is 11.9. The van der Waals surface area contributed by atoms with E-state index in [1.165, 1.54) is 22.7 Å². The first-order chi connectivity index (χ1) is 12.9. The van der Waals surface area contributed by atoms with Crippen LogP contribution in [0.4, 0.5) is 0 Å². The number of thioether (sulfide) groups is 1. The first-order valence-corrected chi connectivity index (χ1v) is 9.56. The van der Waals surface area contributed by atoms with Crippen molar-refractivity contribution in [3.8, 4) is 5.75 Å². The summed E-state index contributed by atoms with van der Waals surface area (Å²) in [6, 6.07) is 5.69. The van der Waals surface area contributed by atoms with Crippen molar-refractivity contribution >= 4 is 29.6 Å². The topological polar surface area (TPSA) is 82.1 Å². The predicted molar refractivity (Wildman–Crippen MR) is 101 cm³/mol. The van der Waals surface area contributed by atoms with Crippen LogP contribution in [0.2, 0.25) is 0 Å². The summed E-state index contributed by atoms with van der Waals surface area (Å²) in [5.74, 6) is -0.314. The van der Waals surface area contributed by atoms with E-state index in [0.717, 1.165) is 11.1 Å². The third-order valence-electron chi connectivity index (χ3n) is 3.57. The minimum Gasteiger partial charge on any atom is -0.482 e. The van der Waals surface area contributed by atoms with E-state index in [2.05, 4.69) is 0 Å². The van der Waals surface area contributed by atoms with E-state index in [9.17, 15) is 14.4 Å². The Morgan fingerprint density at radius 3 is 2.56 bits per heavy atom. The number of esters is 2. The first-order valence-electron chi connectivity index (χ1n) is 8.57. The van der Waals surface area contributed by atoms with Crippen LogP contribution in [0.25, 0.3) is 0 Å². The van der Waals surface area contributed by atoms with Gasteiger partial charge in [0.25, 0.3) is 0 Å². The number of nitrogens with zero attached hydrogens (tertiary/aromatic N) is 1. The normalized spacial score (nSPS) is 15.1. The molecule has 1 aromatic carbocycles. The molecule has 146 valence electrons. The summed E-state index contributed by atoms with van der Waals surface area (Å²) in [5.41, 5.74) is 2.09. The van der Waals surface area contributed by atoms with Crippen molar-refractivity contribution in [2.24, 2.45) is 0 Å². The van der Waals surface area contributed by atoms with E-state index in [1.54, 1.807) is 6.92 Å². The highest BCUT2D eigenvalue weighted by Crippen LogP contribution is 2.28. The minimum absolute atomic E-state index is 0.0154. The van der Waals surface area contributed by atoms with Gasteiger partial charge in [-0.2, -0.15) is 0 Å². The average Bonchev–Trinajstić information content (AvgIpc) is 2.92. The fourth-order valence-corrected chi connectivity index (χ4v) is 3.46. The smallest absolute Gasteiger partial charge is 0.344 e. The van der Waals surface area contributed by atoms with Gasteiger partial charge in [0.05, 0.1) is 30.0 Å². The molecule has 0 unspecified atom stereocenters. The predicted octanol–water partition coefficient (Wildman–Crippen LogP) is 2.21. The average molecular weight is 393 g/mol. The minimum atomic E-state index is -0.524. The molecule has 1 heterocycles. The molecule has 7 nitrogen and oxygen atoms in total. The van der Waals surface area contributed by atoms with Gasteiger partial charge in [0.1, 0.15) is 12.4 Å². The number of rotatable bonds is 8. The van der Waals surface area contributed by atoms with Crippen LogP contribution in [0.3, 0.4) is 0 Å². The Hall–Kier alpha value is -2.48. The van der Waals surface area contributed by atoms with Gasteiger partial charge in [-0.25, -0.2) is 9.59 Å². The van der Waals surface area contributed by atoms with Crippen molar-refractivity contribution < 1.29 is 28.6 Å². The second-order valence-corrected chi connectivity index (χ2v) is 6.90. The van der Waals surface area contributed by atoms with Crippen molar-refractivity contribution in [1.82, 2.24) is 4.90 Å². The number of amides is 1. The van der Waals surface area contributed by atoms with Gasteiger partial charge in [-0.1, -0.05) is 17.8 Å². The van der Waals surface area contributed by atoms with E-state index in [-0.39, 0.29) is 38.0 Å². The van der Waals surface area contributed by atoms with Gasteiger partial charge in [-0.15, -0.1) is 0 Å². The number of hydrogen-bond donors (Lipinski definition) is 0. The van der Waals surface area contributed by atoms with Crippen LogP contribution in [0.5, 0.6) is 5.75 Å². The van der Waals surface area contributed by atoms with Crippen molar-refractivity contribution in [3.05, 3.63) is 40.4 Å². The van der Waals surface area contributed by atoms with Crippen molar-refractivity contribution in [2.75, 3.05) is 32.1 Å². The van der Waals surface area contributed by atoms with Crippen molar-refractivity contribution in [1.29, 1.82) is 0 Å². The third kappa shape index (κ3) is 6.63. The number of carbonyl (C=O) groups excluding carboxylic acids is 3. The molecule has 0 spiro atoms. The molecule has 0 saturated carbocycles. The van der Waals surface area contributed by atoms with Gasteiger partial charge in [0, 0.05) is 0 Å². The molecule has 1 amide bonds. The summed E-state index contributed by atoms with van der Waals surface area (Å²) < 4.78 is 15.4. The lowest BCUT2D eigenvalue weighted by Crippen LogP contribution is -2.30. The van der Waals surface area contributed by atoms with E-state index in [1.807, 2.05) is 32.0 Å². The zero-order valence-electron chi connectivity index (χ0n) is 15.6. The third-order valence-corrected chi connectivity index (χ3v) is 4.59. The fraction of sp³-hybridized carbons (Fsp3) is 0.421. The van der Waals surface area contributed by atoms with Gasteiger partial charge in [0.15, 0.2) is 6.61 Å². The molecular formula is C19H23NO6S. The highest BCUT2D eigenvalue weighted by Gasteiger charge is 2.27. The molecule has 1 aliphatic rings. The van der Waals surface area contributed by atoms with Crippen LogP contribution in [-0.2, 0) is 23.9 Å². The SMILES string of the molecule is CCOC(=O)/C=C1\SCC(=O)N1CCOC(=O)COc1cc(C)cc(C)c1. The van der Waals surface area contributed by atoms with Crippen molar-refractivity contribution in [2.45, 2.75) is 20.8 Å². The van der Waals surface area contributed by atoms with Gasteiger partial charge in [-0.05, 0) is 44.0 Å². The Morgan fingerprint density at radius 1 is 1.19 bits per heavy atom. The monoisotopic (exact) mass is 393 g/mol. The molecular weight excluding hydrogens is 370 g/mol. The zero-order chi connectivity index (χ0) is 19.8. The maximum Gasteiger partial charge on any atom is 0.344 e. The zero-order valence-corrected chi connectivity index (χ0v) is 16.5. The number of aryl methyl sites for hydroxylation is 2. The standard InChI is InChI=1S/C19H23NO6S/c1-4-24-18(22)10-17-20(16(21)12-27-17)5-6-25-19(23)11-26-15-8-13(2)7-14(3)9-15/h7-10H,4-6,11-12H2,1-3H3/b17-10-. The molecule has 1 saturated heterocycles. The molecule has 1 aromatic rings. The van der Waals surface area contributed by atoms with Crippen LogP contribution in [0.15, 0.2) is 29.3 Å². The molecule has 2 rings (SSSR count). The van der Waals surface area contributed by atoms with Gasteiger partial charge in [-0.3, -0.25) is 4.79 Å². The lowest BCUT2D eigenvalue weighted by molar-refractivity contribution is -0.147. The summed E-state index contributed by atoms with van der Waals surface area (Å²) in [5, 5.41) is 0.501. The molecule has 0 radical (unpaired) electrons. The number of ether oxygens (including phenoxy) is 3. The molecule has 27 heavy (non-hydrogen) atoms. The number of hydrogen-bond acceptors (Lipinski definition) is 7. The molecule has 0 bridgehead atoms.